The Morgan fingerprint density at radius 1 is 1.24 bits per heavy atom. The van der Waals surface area contributed by atoms with Crippen LogP contribution in [0.1, 0.15) is 37.7 Å². The van der Waals surface area contributed by atoms with Gasteiger partial charge in [0.15, 0.2) is 0 Å². The molecule has 2 saturated heterocycles. The van der Waals surface area contributed by atoms with Crippen LogP contribution >= 0.6 is 0 Å². The topological polar surface area (TPSA) is 43.8 Å². The third-order valence-electron chi connectivity index (χ3n) is 5.16. The third kappa shape index (κ3) is 3.05. The van der Waals surface area contributed by atoms with Gasteiger partial charge >= 0.3 is 6.09 Å². The van der Waals surface area contributed by atoms with E-state index >= 15 is 0 Å². The summed E-state index contributed by atoms with van der Waals surface area (Å²) in [5, 5.41) is 9.21. The van der Waals surface area contributed by atoms with Gasteiger partial charge < -0.3 is 10.0 Å². The van der Waals surface area contributed by atoms with Gasteiger partial charge in [-0.15, -0.1) is 0 Å². The zero-order valence-corrected chi connectivity index (χ0v) is 12.6. The summed E-state index contributed by atoms with van der Waals surface area (Å²) < 4.78 is 0. The zero-order chi connectivity index (χ0) is 14.8. The average molecular weight is 288 g/mol. The third-order valence-corrected chi connectivity index (χ3v) is 5.16. The van der Waals surface area contributed by atoms with Crippen molar-refractivity contribution in [2.24, 2.45) is 0 Å². The Kier molecular flexibility index (Phi) is 4.15. The smallest absolute Gasteiger partial charge is 0.407 e. The van der Waals surface area contributed by atoms with Gasteiger partial charge in [0, 0.05) is 31.7 Å². The van der Waals surface area contributed by atoms with E-state index in [1.165, 1.54) is 29.7 Å². The Balaban J connectivity index is 1.71. The van der Waals surface area contributed by atoms with Crippen molar-refractivity contribution in [3.8, 4) is 0 Å². The fourth-order valence-corrected chi connectivity index (χ4v) is 3.97. The first kappa shape index (κ1) is 14.4. The molecule has 1 amide bonds. The van der Waals surface area contributed by atoms with Gasteiger partial charge in [0.25, 0.3) is 0 Å². The molecule has 2 aliphatic heterocycles. The largest absolute Gasteiger partial charge is 0.465 e. The molecule has 3 rings (SSSR count). The summed E-state index contributed by atoms with van der Waals surface area (Å²) in [6, 6.07) is 11.9. The van der Waals surface area contributed by atoms with E-state index in [2.05, 4.69) is 35.2 Å². The summed E-state index contributed by atoms with van der Waals surface area (Å²) in [5.41, 5.74) is 1.36. The van der Waals surface area contributed by atoms with Crippen LogP contribution in [-0.2, 0) is 6.54 Å². The summed E-state index contributed by atoms with van der Waals surface area (Å²) in [6.45, 7) is 1.000. The number of nitrogens with zero attached hydrogens (tertiary/aromatic N) is 2. The lowest BCUT2D eigenvalue weighted by Gasteiger charge is -2.50. The van der Waals surface area contributed by atoms with Gasteiger partial charge in [-0.2, -0.15) is 0 Å². The monoisotopic (exact) mass is 288 g/mol. The van der Waals surface area contributed by atoms with Crippen LogP contribution in [0.25, 0.3) is 0 Å². The summed E-state index contributed by atoms with van der Waals surface area (Å²) in [5.74, 6) is 0. The molecule has 3 atom stereocenters. The highest BCUT2D eigenvalue weighted by atomic mass is 16.4. The first-order chi connectivity index (χ1) is 10.1. The van der Waals surface area contributed by atoms with Crippen molar-refractivity contribution in [3.05, 3.63) is 35.9 Å². The van der Waals surface area contributed by atoms with E-state index in [9.17, 15) is 9.90 Å². The Bertz CT molecular complexity index is 477. The zero-order valence-electron chi connectivity index (χ0n) is 12.6. The molecule has 4 nitrogen and oxygen atoms in total. The molecule has 21 heavy (non-hydrogen) atoms. The Hall–Kier alpha value is -1.55. The summed E-state index contributed by atoms with van der Waals surface area (Å²) in [4.78, 5) is 15.3. The Morgan fingerprint density at radius 2 is 1.86 bits per heavy atom. The lowest BCUT2D eigenvalue weighted by molar-refractivity contribution is -0.00485. The number of hydrogen-bond acceptors (Lipinski definition) is 2. The minimum atomic E-state index is -0.797. The predicted octanol–water partition coefficient (Wildman–Crippen LogP) is 3.18. The minimum absolute atomic E-state index is 0.185. The molecule has 0 saturated carbocycles. The quantitative estimate of drug-likeness (QED) is 0.929. The molecule has 1 aromatic carbocycles. The van der Waals surface area contributed by atoms with Crippen LogP contribution in [-0.4, -0.2) is 46.2 Å². The Labute approximate surface area is 126 Å². The molecule has 1 N–H and O–H groups in total. The lowest BCUT2D eigenvalue weighted by Crippen LogP contribution is -2.56. The average Bonchev–Trinajstić information content (AvgIpc) is 2.47. The highest BCUT2D eigenvalue weighted by Crippen LogP contribution is 2.36. The molecule has 1 aromatic rings. The minimum Gasteiger partial charge on any atom is -0.465 e. The van der Waals surface area contributed by atoms with E-state index < -0.39 is 6.09 Å². The van der Waals surface area contributed by atoms with Gasteiger partial charge in [0.05, 0.1) is 0 Å². The SMILES string of the molecule is CN(C(=O)O)C1C[C@H]2CCC[C@@H](C1)N2Cc1ccccc1. The second kappa shape index (κ2) is 6.06. The maximum absolute atomic E-state index is 11.2. The summed E-state index contributed by atoms with van der Waals surface area (Å²) in [7, 11) is 1.72. The highest BCUT2D eigenvalue weighted by molar-refractivity contribution is 5.65. The van der Waals surface area contributed by atoms with Crippen LogP contribution < -0.4 is 0 Å². The van der Waals surface area contributed by atoms with Crippen molar-refractivity contribution in [1.82, 2.24) is 9.80 Å². The van der Waals surface area contributed by atoms with E-state index in [4.69, 9.17) is 0 Å². The molecule has 0 aromatic heterocycles. The van der Waals surface area contributed by atoms with E-state index in [0.29, 0.717) is 12.1 Å². The van der Waals surface area contributed by atoms with Crippen LogP contribution in [0.3, 0.4) is 0 Å². The molecule has 4 heteroatoms. The van der Waals surface area contributed by atoms with Crippen LogP contribution in [0.15, 0.2) is 30.3 Å². The van der Waals surface area contributed by atoms with Crippen molar-refractivity contribution >= 4 is 6.09 Å². The molecule has 0 aliphatic carbocycles. The number of carboxylic acid groups (broad SMARTS) is 1. The first-order valence-electron chi connectivity index (χ1n) is 7.90. The first-order valence-corrected chi connectivity index (χ1v) is 7.90. The van der Waals surface area contributed by atoms with Crippen LogP contribution in [0.2, 0.25) is 0 Å². The van der Waals surface area contributed by atoms with Crippen LogP contribution in [0, 0.1) is 0 Å². The Morgan fingerprint density at radius 3 is 2.43 bits per heavy atom. The van der Waals surface area contributed by atoms with Gasteiger partial charge in [-0.1, -0.05) is 36.8 Å². The predicted molar refractivity (Wildman–Crippen MR) is 82.2 cm³/mol. The standard InChI is InChI=1S/C17H24N2O2/c1-18(17(20)21)16-10-14-8-5-9-15(11-16)19(14)12-13-6-3-2-4-7-13/h2-4,6-7,14-16H,5,8-12H2,1H3,(H,20,21)/t14-,15+,16?. The fraction of sp³-hybridized carbons (Fsp3) is 0.588. The number of rotatable bonds is 3. The number of hydrogen-bond donors (Lipinski definition) is 1. The molecule has 2 bridgehead atoms. The molecule has 2 fully saturated rings. The highest BCUT2D eigenvalue weighted by Gasteiger charge is 2.40. The number of amides is 1. The van der Waals surface area contributed by atoms with Gasteiger partial charge in [-0.25, -0.2) is 4.79 Å². The summed E-state index contributed by atoms with van der Waals surface area (Å²) >= 11 is 0. The van der Waals surface area contributed by atoms with Crippen molar-refractivity contribution in [2.45, 2.75) is 56.8 Å². The van der Waals surface area contributed by atoms with Gasteiger partial charge in [-0.3, -0.25) is 4.90 Å². The van der Waals surface area contributed by atoms with E-state index in [-0.39, 0.29) is 6.04 Å². The number of piperidine rings is 2. The maximum Gasteiger partial charge on any atom is 0.407 e. The number of carbonyl (C=O) groups is 1. The van der Waals surface area contributed by atoms with Crippen molar-refractivity contribution < 1.29 is 9.90 Å². The molecule has 2 heterocycles. The van der Waals surface area contributed by atoms with E-state index in [1.807, 2.05) is 0 Å². The molecular weight excluding hydrogens is 264 g/mol. The van der Waals surface area contributed by atoms with Crippen LogP contribution in [0.5, 0.6) is 0 Å². The van der Waals surface area contributed by atoms with E-state index in [0.717, 1.165) is 19.4 Å². The van der Waals surface area contributed by atoms with Crippen LogP contribution in [0.4, 0.5) is 4.79 Å². The molecular formula is C17H24N2O2. The van der Waals surface area contributed by atoms with Gasteiger partial charge in [0.1, 0.15) is 0 Å². The lowest BCUT2D eigenvalue weighted by atomic mass is 9.81. The maximum atomic E-state index is 11.2. The molecule has 114 valence electrons. The van der Waals surface area contributed by atoms with Crippen molar-refractivity contribution in [2.75, 3.05) is 7.05 Å². The molecule has 0 radical (unpaired) electrons. The van der Waals surface area contributed by atoms with Crippen molar-refractivity contribution in [1.29, 1.82) is 0 Å². The van der Waals surface area contributed by atoms with Gasteiger partial charge in [0.2, 0.25) is 0 Å². The van der Waals surface area contributed by atoms with Gasteiger partial charge in [-0.05, 0) is 31.2 Å². The number of benzene rings is 1. The van der Waals surface area contributed by atoms with E-state index in [1.54, 1.807) is 7.05 Å². The second-order valence-electron chi connectivity index (χ2n) is 6.42. The van der Waals surface area contributed by atoms with Crippen molar-refractivity contribution in [3.63, 3.8) is 0 Å². The normalized spacial score (nSPS) is 29.1. The molecule has 2 aliphatic rings. The molecule has 1 unspecified atom stereocenters. The summed E-state index contributed by atoms with van der Waals surface area (Å²) in [6.07, 6.45) is 4.85. The molecule has 0 spiro atoms. The second-order valence-corrected chi connectivity index (χ2v) is 6.42. The fourth-order valence-electron chi connectivity index (χ4n) is 3.97. The number of fused-ring (bicyclic) bond motifs is 2.